The van der Waals surface area contributed by atoms with E-state index in [-0.39, 0.29) is 5.91 Å². The van der Waals surface area contributed by atoms with Crippen LogP contribution in [0.25, 0.3) is 0 Å². The lowest BCUT2D eigenvalue weighted by Gasteiger charge is -2.25. The van der Waals surface area contributed by atoms with Crippen LogP contribution >= 0.6 is 0 Å². The smallest absolute Gasteiger partial charge is 0.272 e. The molecule has 0 fully saturated rings. The van der Waals surface area contributed by atoms with Gasteiger partial charge in [-0.15, -0.1) is 0 Å². The fourth-order valence-electron chi connectivity index (χ4n) is 1.94. The van der Waals surface area contributed by atoms with Crippen LogP contribution in [0, 0.1) is 5.92 Å². The summed E-state index contributed by atoms with van der Waals surface area (Å²) in [5.74, 6) is 0.520. The zero-order valence-corrected chi connectivity index (χ0v) is 11.5. The molecule has 0 bridgehead atoms. The molecule has 18 heavy (non-hydrogen) atoms. The molecule has 0 aromatic carbocycles. The second kappa shape index (κ2) is 6.99. The summed E-state index contributed by atoms with van der Waals surface area (Å²) in [6, 6.07) is 3.33. The van der Waals surface area contributed by atoms with Gasteiger partial charge in [-0.05, 0) is 25.0 Å². The highest BCUT2D eigenvalue weighted by molar-refractivity contribution is 5.93. The molecule has 100 valence electrons. The Bertz CT molecular complexity index is 388. The maximum atomic E-state index is 12.3. The van der Waals surface area contributed by atoms with Crippen LogP contribution in [0.3, 0.4) is 0 Å². The highest BCUT2D eigenvalue weighted by Gasteiger charge is 2.18. The first-order valence-electron chi connectivity index (χ1n) is 6.63. The standard InChI is InChI=1S/C14H23N3O/c1-4-11(5-2)10-17(6-3)14(18)13-9-12(15)7-8-16-13/h7-9,11H,4-6,10H2,1-3H3,(H2,15,16). The Morgan fingerprint density at radius 2 is 2.06 bits per heavy atom. The molecule has 0 aliphatic rings. The summed E-state index contributed by atoms with van der Waals surface area (Å²) in [6.45, 7) is 7.80. The van der Waals surface area contributed by atoms with E-state index in [4.69, 9.17) is 5.73 Å². The van der Waals surface area contributed by atoms with E-state index in [2.05, 4.69) is 18.8 Å². The lowest BCUT2D eigenvalue weighted by Crippen LogP contribution is -2.35. The summed E-state index contributed by atoms with van der Waals surface area (Å²) in [5.41, 5.74) is 6.69. The van der Waals surface area contributed by atoms with Crippen molar-refractivity contribution >= 4 is 11.6 Å². The van der Waals surface area contributed by atoms with E-state index in [1.54, 1.807) is 18.3 Å². The van der Waals surface area contributed by atoms with Crippen molar-refractivity contribution in [1.29, 1.82) is 0 Å². The van der Waals surface area contributed by atoms with Gasteiger partial charge in [-0.3, -0.25) is 9.78 Å². The number of carbonyl (C=O) groups is 1. The van der Waals surface area contributed by atoms with Gasteiger partial charge in [0, 0.05) is 25.0 Å². The second-order valence-corrected chi connectivity index (χ2v) is 4.50. The molecule has 0 saturated heterocycles. The van der Waals surface area contributed by atoms with Crippen LogP contribution in [-0.2, 0) is 0 Å². The van der Waals surface area contributed by atoms with E-state index in [0.29, 0.717) is 23.8 Å². The van der Waals surface area contributed by atoms with Gasteiger partial charge in [0.25, 0.3) is 5.91 Å². The number of pyridine rings is 1. The molecule has 1 rings (SSSR count). The fourth-order valence-corrected chi connectivity index (χ4v) is 1.94. The summed E-state index contributed by atoms with van der Waals surface area (Å²) in [6.07, 6.45) is 3.75. The number of rotatable bonds is 6. The van der Waals surface area contributed by atoms with Crippen molar-refractivity contribution in [3.8, 4) is 0 Å². The molecule has 0 aliphatic heterocycles. The molecule has 1 heterocycles. The minimum absolute atomic E-state index is 0.0308. The van der Waals surface area contributed by atoms with E-state index in [9.17, 15) is 4.79 Å². The molecule has 1 aromatic heterocycles. The molecule has 0 saturated carbocycles. The lowest BCUT2D eigenvalue weighted by molar-refractivity contribution is 0.0729. The Morgan fingerprint density at radius 3 is 2.56 bits per heavy atom. The van der Waals surface area contributed by atoms with Gasteiger partial charge in [0.05, 0.1) is 0 Å². The number of hydrogen-bond donors (Lipinski definition) is 1. The van der Waals surface area contributed by atoms with Crippen LogP contribution in [-0.4, -0.2) is 28.9 Å². The third kappa shape index (κ3) is 3.72. The fraction of sp³-hybridized carbons (Fsp3) is 0.571. The van der Waals surface area contributed by atoms with Gasteiger partial charge in [0.15, 0.2) is 0 Å². The third-order valence-corrected chi connectivity index (χ3v) is 3.31. The number of nitrogens with two attached hydrogens (primary N) is 1. The molecule has 0 unspecified atom stereocenters. The quantitative estimate of drug-likeness (QED) is 0.843. The second-order valence-electron chi connectivity index (χ2n) is 4.50. The summed E-state index contributed by atoms with van der Waals surface area (Å²) >= 11 is 0. The van der Waals surface area contributed by atoms with E-state index in [0.717, 1.165) is 19.4 Å². The van der Waals surface area contributed by atoms with Crippen molar-refractivity contribution in [1.82, 2.24) is 9.88 Å². The molecule has 0 radical (unpaired) electrons. The largest absolute Gasteiger partial charge is 0.399 e. The average molecular weight is 249 g/mol. The number of carbonyl (C=O) groups excluding carboxylic acids is 1. The Kier molecular flexibility index (Phi) is 5.62. The molecule has 0 atom stereocenters. The summed E-state index contributed by atoms with van der Waals surface area (Å²) in [7, 11) is 0. The Hall–Kier alpha value is -1.58. The summed E-state index contributed by atoms with van der Waals surface area (Å²) < 4.78 is 0. The zero-order chi connectivity index (χ0) is 13.5. The van der Waals surface area contributed by atoms with E-state index in [1.165, 1.54) is 0 Å². The SMILES string of the molecule is CCC(CC)CN(CC)C(=O)c1cc(N)ccn1. The minimum Gasteiger partial charge on any atom is -0.399 e. The number of anilines is 1. The van der Waals surface area contributed by atoms with Gasteiger partial charge < -0.3 is 10.6 Å². The molecular formula is C14H23N3O. The highest BCUT2D eigenvalue weighted by Crippen LogP contribution is 2.13. The molecule has 1 aromatic rings. The van der Waals surface area contributed by atoms with E-state index in [1.807, 2.05) is 11.8 Å². The predicted molar refractivity (Wildman–Crippen MR) is 74.3 cm³/mol. The highest BCUT2D eigenvalue weighted by atomic mass is 16.2. The molecular weight excluding hydrogens is 226 g/mol. The first-order valence-corrected chi connectivity index (χ1v) is 6.63. The van der Waals surface area contributed by atoms with E-state index >= 15 is 0 Å². The van der Waals surface area contributed by atoms with Crippen molar-refractivity contribution in [2.75, 3.05) is 18.8 Å². The minimum atomic E-state index is -0.0308. The zero-order valence-electron chi connectivity index (χ0n) is 11.5. The van der Waals surface area contributed by atoms with Crippen molar-refractivity contribution in [3.63, 3.8) is 0 Å². The van der Waals surface area contributed by atoms with Gasteiger partial charge in [-0.25, -0.2) is 0 Å². The molecule has 0 aliphatic carbocycles. The van der Waals surface area contributed by atoms with Crippen LogP contribution in [0.2, 0.25) is 0 Å². The van der Waals surface area contributed by atoms with Crippen molar-refractivity contribution < 1.29 is 4.79 Å². The monoisotopic (exact) mass is 249 g/mol. The molecule has 4 nitrogen and oxygen atoms in total. The number of amides is 1. The molecule has 1 amide bonds. The number of hydrogen-bond acceptors (Lipinski definition) is 3. The normalized spacial score (nSPS) is 10.7. The van der Waals surface area contributed by atoms with Gasteiger partial charge >= 0.3 is 0 Å². The van der Waals surface area contributed by atoms with Crippen molar-refractivity contribution in [3.05, 3.63) is 24.0 Å². The van der Waals surface area contributed by atoms with Gasteiger partial charge in [0.2, 0.25) is 0 Å². The number of nitrogen functional groups attached to an aromatic ring is 1. The van der Waals surface area contributed by atoms with Crippen LogP contribution in [0.15, 0.2) is 18.3 Å². The van der Waals surface area contributed by atoms with Gasteiger partial charge in [-0.2, -0.15) is 0 Å². The Labute approximate surface area is 109 Å². The maximum Gasteiger partial charge on any atom is 0.272 e. The lowest BCUT2D eigenvalue weighted by atomic mass is 10.0. The summed E-state index contributed by atoms with van der Waals surface area (Å²) in [5, 5.41) is 0. The van der Waals surface area contributed by atoms with Crippen LogP contribution in [0.4, 0.5) is 5.69 Å². The van der Waals surface area contributed by atoms with E-state index < -0.39 is 0 Å². The Balaban J connectivity index is 2.79. The molecule has 2 N–H and O–H groups in total. The first kappa shape index (κ1) is 14.5. The van der Waals surface area contributed by atoms with Gasteiger partial charge in [-0.1, -0.05) is 26.7 Å². The Morgan fingerprint density at radius 1 is 1.39 bits per heavy atom. The number of nitrogens with zero attached hydrogens (tertiary/aromatic N) is 2. The van der Waals surface area contributed by atoms with Crippen LogP contribution < -0.4 is 5.73 Å². The number of aromatic nitrogens is 1. The molecule has 0 spiro atoms. The predicted octanol–water partition coefficient (Wildman–Crippen LogP) is 2.56. The topological polar surface area (TPSA) is 59.2 Å². The van der Waals surface area contributed by atoms with Crippen LogP contribution in [0.1, 0.15) is 44.1 Å². The van der Waals surface area contributed by atoms with Crippen LogP contribution in [0.5, 0.6) is 0 Å². The molecule has 4 heteroatoms. The van der Waals surface area contributed by atoms with Crippen molar-refractivity contribution in [2.45, 2.75) is 33.6 Å². The van der Waals surface area contributed by atoms with Crippen molar-refractivity contribution in [2.24, 2.45) is 5.92 Å². The van der Waals surface area contributed by atoms with Gasteiger partial charge in [0.1, 0.15) is 5.69 Å². The summed E-state index contributed by atoms with van der Waals surface area (Å²) in [4.78, 5) is 18.2. The third-order valence-electron chi connectivity index (χ3n) is 3.31. The maximum absolute atomic E-state index is 12.3. The first-order chi connectivity index (χ1) is 8.62. The average Bonchev–Trinajstić information content (AvgIpc) is 2.39.